The van der Waals surface area contributed by atoms with Gasteiger partial charge in [-0.3, -0.25) is 24.5 Å². The number of amides is 3. The van der Waals surface area contributed by atoms with Crippen LogP contribution in [0.4, 0.5) is 0 Å². The van der Waals surface area contributed by atoms with Gasteiger partial charge in [0.05, 0.1) is 6.04 Å². The molecular weight excluding hydrogens is 404 g/mol. The van der Waals surface area contributed by atoms with Crippen LogP contribution in [0, 0.1) is 5.41 Å². The minimum Gasteiger partial charge on any atom is -0.285 e. The third-order valence-electron chi connectivity index (χ3n) is 5.99. The van der Waals surface area contributed by atoms with E-state index in [1.165, 1.54) is 0 Å². The number of imide groups is 1. The lowest BCUT2D eigenvalue weighted by atomic mass is 9.82. The molecule has 1 N–H and O–H groups in total. The van der Waals surface area contributed by atoms with E-state index in [1.54, 1.807) is 64.1 Å². The average molecular weight is 431 g/mol. The molecule has 0 saturated heterocycles. The first kappa shape index (κ1) is 21.7. The predicted octanol–water partition coefficient (Wildman–Crippen LogP) is 4.83. The number of hydrogen-bond acceptors (Lipinski definition) is 4. The normalized spacial score (nSPS) is 15.6. The van der Waals surface area contributed by atoms with Crippen LogP contribution in [0.1, 0.15) is 60.0 Å². The topological polar surface area (TPSA) is 77.9 Å². The minimum absolute atomic E-state index is 0.375. The fourth-order valence-electron chi connectivity index (χ4n) is 4.34. The van der Waals surface area contributed by atoms with Gasteiger partial charge in [0.15, 0.2) is 0 Å². The molecule has 3 aromatic carbocycles. The fraction of sp³-hybridized carbons (Fsp3) is 0.269. The summed E-state index contributed by atoms with van der Waals surface area (Å²) in [5, 5.41) is 12.9. The summed E-state index contributed by atoms with van der Waals surface area (Å²) in [7, 11) is 0. The molecule has 0 aromatic heterocycles. The van der Waals surface area contributed by atoms with E-state index >= 15 is 0 Å². The summed E-state index contributed by atoms with van der Waals surface area (Å²) in [6.07, 6.45) is 0. The maximum Gasteiger partial charge on any atom is 0.270 e. The molecule has 6 nitrogen and oxygen atoms in total. The molecule has 1 aliphatic rings. The van der Waals surface area contributed by atoms with Crippen molar-refractivity contribution in [1.82, 2.24) is 9.96 Å². The van der Waals surface area contributed by atoms with Crippen LogP contribution in [0.5, 0.6) is 0 Å². The molecular formula is C26H26N2O4. The second-order valence-electron chi connectivity index (χ2n) is 9.23. The Morgan fingerprint density at radius 3 is 1.91 bits per heavy atom. The minimum atomic E-state index is -1.19. The molecule has 4 rings (SSSR count). The number of hydroxylamine groups is 2. The van der Waals surface area contributed by atoms with E-state index in [-0.39, 0.29) is 0 Å². The lowest BCUT2D eigenvalue weighted by molar-refractivity contribution is -0.183. The molecule has 6 heteroatoms. The van der Waals surface area contributed by atoms with Crippen molar-refractivity contribution in [3.8, 4) is 0 Å². The average Bonchev–Trinajstić information content (AvgIpc) is 2.78. The maximum absolute atomic E-state index is 13.6. The van der Waals surface area contributed by atoms with Gasteiger partial charge in [-0.15, -0.1) is 0 Å². The van der Waals surface area contributed by atoms with E-state index in [1.807, 2.05) is 30.3 Å². The van der Waals surface area contributed by atoms with E-state index in [2.05, 4.69) is 0 Å². The molecule has 0 radical (unpaired) electrons. The number of carbonyl (C=O) groups excluding carboxylic acids is 3. The third-order valence-corrected chi connectivity index (χ3v) is 5.99. The van der Waals surface area contributed by atoms with E-state index in [0.29, 0.717) is 21.6 Å². The first-order chi connectivity index (χ1) is 15.1. The van der Waals surface area contributed by atoms with Crippen molar-refractivity contribution in [2.24, 2.45) is 5.41 Å². The van der Waals surface area contributed by atoms with Crippen LogP contribution >= 0.6 is 0 Å². The van der Waals surface area contributed by atoms with Gasteiger partial charge in [-0.25, -0.2) is 5.06 Å². The first-order valence-corrected chi connectivity index (χ1v) is 10.6. The summed E-state index contributed by atoms with van der Waals surface area (Å²) in [6, 6.07) is 17.8. The smallest absolute Gasteiger partial charge is 0.270 e. The van der Waals surface area contributed by atoms with Crippen LogP contribution < -0.4 is 0 Å². The summed E-state index contributed by atoms with van der Waals surface area (Å²) in [5.74, 6) is -1.77. The molecule has 0 unspecified atom stereocenters. The standard InChI is InChI=1S/C26H26N2O4/c1-16(17-10-6-5-7-11-17)28(32)25(31)22(26(2,3)4)27-23(29)19-14-8-12-18-13-9-15-20(21(18)19)24(27)30/h5-16,22,32H,1-4H3/t16-,22+/m0/s1. The van der Waals surface area contributed by atoms with Crippen molar-refractivity contribution in [2.75, 3.05) is 0 Å². The number of nitrogens with zero attached hydrogens (tertiary/aromatic N) is 2. The summed E-state index contributed by atoms with van der Waals surface area (Å²) in [4.78, 5) is 41.6. The second kappa shape index (κ2) is 7.88. The van der Waals surface area contributed by atoms with E-state index in [0.717, 1.165) is 15.8 Å². The van der Waals surface area contributed by atoms with Crippen LogP contribution in [-0.4, -0.2) is 38.9 Å². The van der Waals surface area contributed by atoms with Crippen molar-refractivity contribution in [1.29, 1.82) is 0 Å². The quantitative estimate of drug-likeness (QED) is 0.365. The second-order valence-corrected chi connectivity index (χ2v) is 9.23. The molecule has 0 aliphatic carbocycles. The van der Waals surface area contributed by atoms with Gasteiger partial charge in [0.2, 0.25) is 0 Å². The Balaban J connectivity index is 1.78. The van der Waals surface area contributed by atoms with Gasteiger partial charge in [-0.2, -0.15) is 0 Å². The van der Waals surface area contributed by atoms with Crippen molar-refractivity contribution in [2.45, 2.75) is 39.8 Å². The van der Waals surface area contributed by atoms with Crippen molar-refractivity contribution >= 4 is 28.5 Å². The predicted molar refractivity (Wildman–Crippen MR) is 121 cm³/mol. The SMILES string of the molecule is C[C@@H](c1ccccc1)N(O)C(=O)[C@@H](N1C(=O)c2cccc3cccc(c23)C1=O)C(C)(C)C. The van der Waals surface area contributed by atoms with Crippen molar-refractivity contribution in [3.05, 3.63) is 83.4 Å². The molecule has 1 aliphatic heterocycles. The van der Waals surface area contributed by atoms with Gasteiger partial charge in [0.1, 0.15) is 6.04 Å². The Kier molecular flexibility index (Phi) is 5.34. The lowest BCUT2D eigenvalue weighted by Gasteiger charge is -2.41. The van der Waals surface area contributed by atoms with Crippen LogP contribution in [0.3, 0.4) is 0 Å². The molecule has 1 heterocycles. The molecule has 0 spiro atoms. The highest BCUT2D eigenvalue weighted by Gasteiger charge is 2.47. The highest BCUT2D eigenvalue weighted by molar-refractivity contribution is 6.26. The summed E-state index contributed by atoms with van der Waals surface area (Å²) >= 11 is 0. The van der Waals surface area contributed by atoms with Gasteiger partial charge in [-0.05, 0) is 35.4 Å². The van der Waals surface area contributed by atoms with Gasteiger partial charge in [-0.1, -0.05) is 75.4 Å². The highest BCUT2D eigenvalue weighted by atomic mass is 16.5. The number of rotatable bonds is 4. The lowest BCUT2D eigenvalue weighted by Crippen LogP contribution is -2.59. The van der Waals surface area contributed by atoms with E-state index < -0.39 is 35.2 Å². The number of benzene rings is 3. The Labute approximate surface area is 187 Å². The van der Waals surface area contributed by atoms with E-state index in [4.69, 9.17) is 0 Å². The fourth-order valence-corrected chi connectivity index (χ4v) is 4.34. The van der Waals surface area contributed by atoms with Crippen LogP contribution in [0.2, 0.25) is 0 Å². The zero-order chi connectivity index (χ0) is 23.2. The van der Waals surface area contributed by atoms with Gasteiger partial charge < -0.3 is 0 Å². The van der Waals surface area contributed by atoms with Crippen molar-refractivity contribution < 1.29 is 19.6 Å². The Morgan fingerprint density at radius 1 is 0.875 bits per heavy atom. The number of carbonyl (C=O) groups is 3. The maximum atomic E-state index is 13.6. The van der Waals surface area contributed by atoms with Crippen LogP contribution in [0.15, 0.2) is 66.7 Å². The molecule has 0 fully saturated rings. The molecule has 3 amide bonds. The summed E-state index contributed by atoms with van der Waals surface area (Å²) < 4.78 is 0. The van der Waals surface area contributed by atoms with Gasteiger partial charge >= 0.3 is 0 Å². The van der Waals surface area contributed by atoms with Crippen LogP contribution in [-0.2, 0) is 4.79 Å². The summed E-state index contributed by atoms with van der Waals surface area (Å²) in [6.45, 7) is 7.03. The van der Waals surface area contributed by atoms with Crippen LogP contribution in [0.25, 0.3) is 10.8 Å². The van der Waals surface area contributed by atoms with E-state index in [9.17, 15) is 19.6 Å². The van der Waals surface area contributed by atoms with Crippen molar-refractivity contribution in [3.63, 3.8) is 0 Å². The summed E-state index contributed by atoms with van der Waals surface area (Å²) in [5.41, 5.74) is 0.670. The number of hydrogen-bond donors (Lipinski definition) is 1. The molecule has 0 bridgehead atoms. The van der Waals surface area contributed by atoms with Gasteiger partial charge in [0.25, 0.3) is 17.7 Å². The molecule has 0 saturated carbocycles. The Morgan fingerprint density at radius 2 is 1.41 bits per heavy atom. The van der Waals surface area contributed by atoms with Gasteiger partial charge in [0, 0.05) is 16.5 Å². The molecule has 2 atom stereocenters. The highest BCUT2D eigenvalue weighted by Crippen LogP contribution is 2.36. The zero-order valence-electron chi connectivity index (χ0n) is 18.6. The third kappa shape index (κ3) is 3.46. The largest absolute Gasteiger partial charge is 0.285 e. The zero-order valence-corrected chi connectivity index (χ0v) is 18.6. The molecule has 32 heavy (non-hydrogen) atoms. The Hall–Kier alpha value is -3.51. The monoisotopic (exact) mass is 430 g/mol. The molecule has 164 valence electrons. The first-order valence-electron chi connectivity index (χ1n) is 10.6. The Bertz CT molecular complexity index is 1160. The molecule has 3 aromatic rings.